The Balaban J connectivity index is 1.71. The second-order valence-electron chi connectivity index (χ2n) is 4.65. The van der Waals surface area contributed by atoms with Crippen LogP contribution in [0.15, 0.2) is 30.3 Å². The van der Waals surface area contributed by atoms with Crippen molar-refractivity contribution in [3.63, 3.8) is 0 Å². The molecule has 1 aromatic carbocycles. The number of aliphatic hydroxyl groups excluding tert-OH is 1. The van der Waals surface area contributed by atoms with Gasteiger partial charge in [0.05, 0.1) is 12.7 Å². The van der Waals surface area contributed by atoms with Crippen molar-refractivity contribution in [1.82, 2.24) is 10.6 Å². The third-order valence-electron chi connectivity index (χ3n) is 3.05. The van der Waals surface area contributed by atoms with Gasteiger partial charge in [-0.05, 0) is 5.56 Å². The summed E-state index contributed by atoms with van der Waals surface area (Å²) < 4.78 is 5.33. The molecule has 0 aromatic heterocycles. The van der Waals surface area contributed by atoms with E-state index in [1.54, 1.807) is 0 Å². The average molecular weight is 264 g/mol. The highest BCUT2D eigenvalue weighted by atomic mass is 16.5. The third kappa shape index (κ3) is 4.63. The Kier molecular flexibility index (Phi) is 5.32. The van der Waals surface area contributed by atoms with Crippen LogP contribution >= 0.6 is 0 Å². The molecule has 5 nitrogen and oxygen atoms in total. The summed E-state index contributed by atoms with van der Waals surface area (Å²) in [5, 5.41) is 15.7. The molecule has 0 bridgehead atoms. The second-order valence-corrected chi connectivity index (χ2v) is 4.65. The molecule has 2 rings (SSSR count). The molecule has 1 aliphatic rings. The Morgan fingerprint density at radius 3 is 2.95 bits per heavy atom. The van der Waals surface area contributed by atoms with Gasteiger partial charge >= 0.3 is 0 Å². The molecule has 2 unspecified atom stereocenters. The number of ether oxygens (including phenoxy) is 1. The van der Waals surface area contributed by atoms with Crippen molar-refractivity contribution in [2.24, 2.45) is 0 Å². The lowest BCUT2D eigenvalue weighted by Crippen LogP contribution is -2.49. The zero-order valence-electron chi connectivity index (χ0n) is 10.8. The molecule has 0 radical (unpaired) electrons. The summed E-state index contributed by atoms with van der Waals surface area (Å²) in [7, 11) is 0. The molecule has 1 aliphatic heterocycles. The number of carbonyl (C=O) groups is 1. The highest BCUT2D eigenvalue weighted by Crippen LogP contribution is 2.03. The molecule has 19 heavy (non-hydrogen) atoms. The van der Waals surface area contributed by atoms with E-state index in [0.29, 0.717) is 19.6 Å². The first kappa shape index (κ1) is 14.0. The lowest BCUT2D eigenvalue weighted by atomic mass is 10.1. The number of benzene rings is 1. The van der Waals surface area contributed by atoms with Gasteiger partial charge in [0, 0.05) is 26.1 Å². The van der Waals surface area contributed by atoms with Crippen LogP contribution in [0.3, 0.4) is 0 Å². The SMILES string of the molecule is O=C(NCC(O)Cc1ccccc1)C1CNCCO1. The fourth-order valence-corrected chi connectivity index (χ4v) is 2.02. The molecule has 0 saturated carbocycles. The first-order chi connectivity index (χ1) is 9.25. The van der Waals surface area contributed by atoms with Crippen LogP contribution in [-0.4, -0.2) is 49.5 Å². The number of aliphatic hydroxyl groups is 1. The van der Waals surface area contributed by atoms with Gasteiger partial charge in [0.15, 0.2) is 0 Å². The monoisotopic (exact) mass is 264 g/mol. The van der Waals surface area contributed by atoms with E-state index in [4.69, 9.17) is 4.74 Å². The van der Waals surface area contributed by atoms with Gasteiger partial charge in [-0.15, -0.1) is 0 Å². The van der Waals surface area contributed by atoms with E-state index >= 15 is 0 Å². The molecule has 1 saturated heterocycles. The zero-order chi connectivity index (χ0) is 13.5. The van der Waals surface area contributed by atoms with Gasteiger partial charge in [0.2, 0.25) is 0 Å². The minimum Gasteiger partial charge on any atom is -0.391 e. The van der Waals surface area contributed by atoms with Crippen LogP contribution in [0.4, 0.5) is 0 Å². The van der Waals surface area contributed by atoms with Gasteiger partial charge in [-0.3, -0.25) is 4.79 Å². The maximum atomic E-state index is 11.8. The van der Waals surface area contributed by atoms with E-state index in [1.165, 1.54) is 0 Å². The minimum absolute atomic E-state index is 0.167. The Labute approximate surface area is 113 Å². The highest BCUT2D eigenvalue weighted by molar-refractivity contribution is 5.81. The molecule has 1 fully saturated rings. The Morgan fingerprint density at radius 2 is 2.26 bits per heavy atom. The fraction of sp³-hybridized carbons (Fsp3) is 0.500. The van der Waals surface area contributed by atoms with Crippen molar-refractivity contribution in [1.29, 1.82) is 0 Å². The molecule has 1 aromatic rings. The van der Waals surface area contributed by atoms with Gasteiger partial charge in [-0.25, -0.2) is 0 Å². The van der Waals surface area contributed by atoms with Crippen molar-refractivity contribution in [3.05, 3.63) is 35.9 Å². The zero-order valence-corrected chi connectivity index (χ0v) is 10.8. The van der Waals surface area contributed by atoms with Crippen molar-refractivity contribution >= 4 is 5.91 Å². The molecule has 2 atom stereocenters. The summed E-state index contributed by atoms with van der Waals surface area (Å²) in [6.07, 6.45) is -0.495. The van der Waals surface area contributed by atoms with Crippen LogP contribution in [0.5, 0.6) is 0 Å². The molecule has 3 N–H and O–H groups in total. The van der Waals surface area contributed by atoms with E-state index in [0.717, 1.165) is 12.1 Å². The predicted molar refractivity (Wildman–Crippen MR) is 71.8 cm³/mol. The Morgan fingerprint density at radius 1 is 1.47 bits per heavy atom. The molecular weight excluding hydrogens is 244 g/mol. The smallest absolute Gasteiger partial charge is 0.250 e. The number of nitrogens with one attached hydrogen (secondary N) is 2. The van der Waals surface area contributed by atoms with Gasteiger partial charge < -0.3 is 20.5 Å². The number of morpholine rings is 1. The van der Waals surface area contributed by atoms with Crippen LogP contribution < -0.4 is 10.6 Å². The summed E-state index contributed by atoms with van der Waals surface area (Å²) in [6, 6.07) is 9.72. The van der Waals surface area contributed by atoms with Crippen LogP contribution in [0.25, 0.3) is 0 Å². The second kappa shape index (κ2) is 7.23. The summed E-state index contributed by atoms with van der Waals surface area (Å²) in [6.45, 7) is 2.10. The summed E-state index contributed by atoms with van der Waals surface area (Å²) in [5.41, 5.74) is 1.06. The standard InChI is InChI=1S/C14H20N2O3/c17-12(8-11-4-2-1-3-5-11)9-16-14(18)13-10-15-6-7-19-13/h1-5,12-13,15,17H,6-10H2,(H,16,18). The first-order valence-electron chi connectivity index (χ1n) is 6.58. The van der Waals surface area contributed by atoms with Crippen LogP contribution in [0.2, 0.25) is 0 Å². The molecule has 104 valence electrons. The molecule has 0 aliphatic carbocycles. The maximum Gasteiger partial charge on any atom is 0.250 e. The van der Waals surface area contributed by atoms with Crippen molar-refractivity contribution in [2.45, 2.75) is 18.6 Å². The fourth-order valence-electron chi connectivity index (χ4n) is 2.02. The van der Waals surface area contributed by atoms with E-state index in [2.05, 4.69) is 10.6 Å². The summed E-state index contributed by atoms with van der Waals surface area (Å²) in [4.78, 5) is 11.8. The predicted octanol–water partition coefficient (Wildman–Crippen LogP) is -0.305. The topological polar surface area (TPSA) is 70.6 Å². The Hall–Kier alpha value is -1.43. The first-order valence-corrected chi connectivity index (χ1v) is 6.58. The number of amides is 1. The van der Waals surface area contributed by atoms with Gasteiger partial charge in [-0.2, -0.15) is 0 Å². The highest BCUT2D eigenvalue weighted by Gasteiger charge is 2.21. The van der Waals surface area contributed by atoms with Crippen molar-refractivity contribution in [2.75, 3.05) is 26.2 Å². The van der Waals surface area contributed by atoms with Crippen molar-refractivity contribution in [3.8, 4) is 0 Å². The van der Waals surface area contributed by atoms with E-state index in [-0.39, 0.29) is 12.5 Å². The van der Waals surface area contributed by atoms with Crippen LogP contribution in [0, 0.1) is 0 Å². The largest absolute Gasteiger partial charge is 0.391 e. The van der Waals surface area contributed by atoms with Gasteiger partial charge in [-0.1, -0.05) is 30.3 Å². The Bertz CT molecular complexity index is 391. The molecule has 5 heteroatoms. The van der Waals surface area contributed by atoms with Crippen LogP contribution in [-0.2, 0) is 16.0 Å². The number of carbonyl (C=O) groups excluding carboxylic acids is 1. The number of hydrogen-bond donors (Lipinski definition) is 3. The molecule has 0 spiro atoms. The lowest BCUT2D eigenvalue weighted by molar-refractivity contribution is -0.134. The minimum atomic E-state index is -0.581. The average Bonchev–Trinajstić information content (AvgIpc) is 2.47. The maximum absolute atomic E-state index is 11.8. The normalized spacial score (nSPS) is 20.8. The number of rotatable bonds is 5. The van der Waals surface area contributed by atoms with Gasteiger partial charge in [0.25, 0.3) is 5.91 Å². The van der Waals surface area contributed by atoms with E-state index in [1.807, 2.05) is 30.3 Å². The van der Waals surface area contributed by atoms with Crippen LogP contribution in [0.1, 0.15) is 5.56 Å². The van der Waals surface area contributed by atoms with E-state index < -0.39 is 12.2 Å². The molecule has 1 amide bonds. The summed E-state index contributed by atoms with van der Waals surface area (Å²) >= 11 is 0. The molecular formula is C14H20N2O3. The quantitative estimate of drug-likeness (QED) is 0.682. The van der Waals surface area contributed by atoms with Gasteiger partial charge in [0.1, 0.15) is 6.10 Å². The van der Waals surface area contributed by atoms with Crippen molar-refractivity contribution < 1.29 is 14.6 Å². The number of hydrogen-bond acceptors (Lipinski definition) is 4. The third-order valence-corrected chi connectivity index (χ3v) is 3.05. The summed E-state index contributed by atoms with van der Waals surface area (Å²) in [5.74, 6) is -0.167. The van der Waals surface area contributed by atoms with E-state index in [9.17, 15) is 9.90 Å². The lowest BCUT2D eigenvalue weighted by Gasteiger charge is -2.23. The molecule has 1 heterocycles.